The van der Waals surface area contributed by atoms with Crippen molar-refractivity contribution in [2.24, 2.45) is 0 Å². The Balaban J connectivity index is 1.32. The molecule has 2 N–H and O–H groups in total. The number of hydrogen-bond acceptors (Lipinski definition) is 6. The summed E-state index contributed by atoms with van der Waals surface area (Å²) in [5.41, 5.74) is 7.40. The van der Waals surface area contributed by atoms with Crippen LogP contribution < -0.4 is 5.32 Å². The van der Waals surface area contributed by atoms with Gasteiger partial charge in [-0.3, -0.25) is 0 Å². The van der Waals surface area contributed by atoms with Crippen molar-refractivity contribution in [3.05, 3.63) is 137 Å². The third kappa shape index (κ3) is 6.24. The highest BCUT2D eigenvalue weighted by atomic mass is 32.1. The molecule has 4 aromatic carbocycles. The molecular weight excluding hydrogens is 587 g/mol. The molecule has 3 heterocycles. The fourth-order valence-corrected chi connectivity index (χ4v) is 7.02. The predicted octanol–water partition coefficient (Wildman–Crippen LogP) is 9.44. The Morgan fingerprint density at radius 1 is 0.783 bits per heavy atom. The Bertz CT molecular complexity index is 2050. The summed E-state index contributed by atoms with van der Waals surface area (Å²) in [6.45, 7) is 2.91. The zero-order valence-corrected chi connectivity index (χ0v) is 26.8. The number of aromatic nitrogens is 4. The molecule has 0 saturated carbocycles. The largest absolute Gasteiger partial charge is 0.508 e. The molecule has 46 heavy (non-hydrogen) atoms. The maximum Gasteiger partial charge on any atom is 0.167 e. The van der Waals surface area contributed by atoms with Gasteiger partial charge in [0, 0.05) is 27.6 Å². The molecule has 1 unspecified atom stereocenters. The summed E-state index contributed by atoms with van der Waals surface area (Å²) in [7, 11) is 0. The topological polar surface area (TPSA) is 75.9 Å². The average Bonchev–Trinajstić information content (AvgIpc) is 3.72. The van der Waals surface area contributed by atoms with E-state index in [2.05, 4.69) is 101 Å². The second-order valence-corrected chi connectivity index (χ2v) is 12.6. The van der Waals surface area contributed by atoms with Crippen LogP contribution in [0.5, 0.6) is 5.75 Å². The van der Waals surface area contributed by atoms with Gasteiger partial charge >= 0.3 is 0 Å². The van der Waals surface area contributed by atoms with Gasteiger partial charge in [-0.05, 0) is 59.7 Å². The molecule has 7 rings (SSSR count). The number of phenolic OH excluding ortho intramolecular Hbond substituents is 1. The van der Waals surface area contributed by atoms with E-state index in [-0.39, 0.29) is 11.8 Å². The molecule has 7 heteroatoms. The van der Waals surface area contributed by atoms with E-state index in [1.807, 2.05) is 18.5 Å². The Hall–Kier alpha value is -5.01. The molecule has 0 aliphatic carbocycles. The first-order chi connectivity index (χ1) is 22.7. The molecule has 0 bridgehead atoms. The summed E-state index contributed by atoms with van der Waals surface area (Å²) < 4.78 is 3.40. The van der Waals surface area contributed by atoms with Gasteiger partial charge in [0.25, 0.3) is 0 Å². The molecular formula is C39H37N5OS. The lowest BCUT2D eigenvalue weighted by Gasteiger charge is -2.21. The van der Waals surface area contributed by atoms with Crippen molar-refractivity contribution in [1.82, 2.24) is 19.5 Å². The van der Waals surface area contributed by atoms with Crippen molar-refractivity contribution < 1.29 is 5.11 Å². The van der Waals surface area contributed by atoms with Crippen LogP contribution in [0.25, 0.3) is 32.6 Å². The third-order valence-electron chi connectivity index (χ3n) is 8.54. The number of imidazole rings is 1. The summed E-state index contributed by atoms with van der Waals surface area (Å²) in [6.07, 6.45) is 7.47. The lowest BCUT2D eigenvalue weighted by Crippen LogP contribution is -2.13. The van der Waals surface area contributed by atoms with E-state index in [9.17, 15) is 5.11 Å². The van der Waals surface area contributed by atoms with E-state index in [4.69, 9.17) is 15.0 Å². The number of thiophene rings is 1. The SMILES string of the molecule is CCCCCc1ccc(C(c2ccccc2)n2cnc3c(NCCc4ccc(O)cc4)nc(-c4csc5ccccc45)nc32)cc1. The highest BCUT2D eigenvalue weighted by Gasteiger charge is 2.23. The van der Waals surface area contributed by atoms with Gasteiger partial charge in [0.05, 0.1) is 12.4 Å². The van der Waals surface area contributed by atoms with Crippen molar-refractivity contribution in [2.45, 2.75) is 45.1 Å². The molecule has 0 fully saturated rings. The Kier molecular flexibility index (Phi) is 8.74. The number of rotatable bonds is 12. The maximum absolute atomic E-state index is 9.70. The maximum atomic E-state index is 9.70. The van der Waals surface area contributed by atoms with Crippen LogP contribution in [-0.2, 0) is 12.8 Å². The minimum Gasteiger partial charge on any atom is -0.508 e. The van der Waals surface area contributed by atoms with Crippen LogP contribution in [0.2, 0.25) is 0 Å². The summed E-state index contributed by atoms with van der Waals surface area (Å²) in [4.78, 5) is 15.2. The van der Waals surface area contributed by atoms with Gasteiger partial charge in [0.15, 0.2) is 22.8 Å². The highest BCUT2D eigenvalue weighted by molar-refractivity contribution is 7.17. The average molecular weight is 624 g/mol. The first kappa shape index (κ1) is 29.7. The van der Waals surface area contributed by atoms with E-state index >= 15 is 0 Å². The molecule has 0 aliphatic heterocycles. The molecule has 3 aromatic heterocycles. The monoisotopic (exact) mass is 623 g/mol. The van der Waals surface area contributed by atoms with Gasteiger partial charge in [-0.15, -0.1) is 11.3 Å². The number of nitrogens with one attached hydrogen (secondary N) is 1. The summed E-state index contributed by atoms with van der Waals surface area (Å²) in [5, 5.41) is 16.6. The van der Waals surface area contributed by atoms with Crippen LogP contribution in [-0.4, -0.2) is 31.2 Å². The number of aromatic hydroxyl groups is 1. The molecule has 230 valence electrons. The number of unbranched alkanes of at least 4 members (excludes halogenated alkanes) is 2. The van der Waals surface area contributed by atoms with Gasteiger partial charge in [0.2, 0.25) is 0 Å². The number of phenols is 1. The van der Waals surface area contributed by atoms with Crippen LogP contribution >= 0.6 is 11.3 Å². The van der Waals surface area contributed by atoms with Crippen molar-refractivity contribution in [2.75, 3.05) is 11.9 Å². The van der Waals surface area contributed by atoms with E-state index in [1.165, 1.54) is 40.7 Å². The van der Waals surface area contributed by atoms with Gasteiger partial charge in [-0.25, -0.2) is 15.0 Å². The lowest BCUT2D eigenvalue weighted by molar-refractivity contribution is 0.475. The van der Waals surface area contributed by atoms with Gasteiger partial charge < -0.3 is 15.0 Å². The minimum absolute atomic E-state index is 0.109. The lowest BCUT2D eigenvalue weighted by atomic mass is 9.96. The van der Waals surface area contributed by atoms with Crippen LogP contribution in [0.4, 0.5) is 5.82 Å². The molecule has 0 radical (unpaired) electrons. The number of anilines is 1. The van der Waals surface area contributed by atoms with E-state index in [0.29, 0.717) is 18.2 Å². The van der Waals surface area contributed by atoms with Crippen molar-refractivity contribution in [3.8, 4) is 17.1 Å². The van der Waals surface area contributed by atoms with Crippen molar-refractivity contribution in [3.63, 3.8) is 0 Å². The number of fused-ring (bicyclic) bond motifs is 2. The first-order valence-electron chi connectivity index (χ1n) is 16.0. The Morgan fingerprint density at radius 2 is 1.50 bits per heavy atom. The summed E-state index contributed by atoms with van der Waals surface area (Å²) >= 11 is 1.71. The molecule has 0 saturated heterocycles. The summed E-state index contributed by atoms with van der Waals surface area (Å²) in [5.74, 6) is 1.66. The number of hydrogen-bond donors (Lipinski definition) is 2. The number of nitrogens with zero attached hydrogens (tertiary/aromatic N) is 4. The normalized spacial score (nSPS) is 12.1. The van der Waals surface area contributed by atoms with E-state index in [1.54, 1.807) is 23.5 Å². The van der Waals surface area contributed by atoms with Gasteiger partial charge in [-0.2, -0.15) is 0 Å². The van der Waals surface area contributed by atoms with Gasteiger partial charge in [-0.1, -0.05) is 105 Å². The highest BCUT2D eigenvalue weighted by Crippen LogP contribution is 2.36. The second kappa shape index (κ2) is 13.5. The van der Waals surface area contributed by atoms with Crippen molar-refractivity contribution >= 4 is 38.4 Å². The van der Waals surface area contributed by atoms with E-state index in [0.717, 1.165) is 40.5 Å². The smallest absolute Gasteiger partial charge is 0.167 e. The Labute approximate surface area is 273 Å². The molecule has 6 nitrogen and oxygen atoms in total. The van der Waals surface area contributed by atoms with Crippen molar-refractivity contribution in [1.29, 1.82) is 0 Å². The van der Waals surface area contributed by atoms with E-state index < -0.39 is 0 Å². The summed E-state index contributed by atoms with van der Waals surface area (Å²) in [6, 6.07) is 35.3. The molecule has 0 spiro atoms. The molecule has 1 atom stereocenters. The third-order valence-corrected chi connectivity index (χ3v) is 9.51. The number of benzene rings is 4. The zero-order valence-electron chi connectivity index (χ0n) is 25.9. The Morgan fingerprint density at radius 3 is 2.30 bits per heavy atom. The van der Waals surface area contributed by atoms with Crippen LogP contribution in [0, 0.1) is 0 Å². The van der Waals surface area contributed by atoms with Gasteiger partial charge in [0.1, 0.15) is 5.75 Å². The molecule has 7 aromatic rings. The van der Waals surface area contributed by atoms with Crippen LogP contribution in [0.3, 0.4) is 0 Å². The predicted molar refractivity (Wildman–Crippen MR) is 190 cm³/mol. The standard InChI is InChI=1S/C39H37N5OS/c1-2-3-5-10-27-15-19-30(20-16-27)36(29-11-6-4-7-12-29)44-26-41-35-38(40-24-23-28-17-21-31(45)22-18-28)42-37(43-39(35)44)33-25-46-34-14-9-8-13-32(33)34/h4,6-9,11-22,25-26,36,45H,2-3,5,10,23-24H2,1H3,(H,40,42,43). The quantitative estimate of drug-likeness (QED) is 0.133. The second-order valence-electron chi connectivity index (χ2n) is 11.7. The number of aryl methyl sites for hydroxylation is 1. The fraction of sp³-hybridized carbons (Fsp3) is 0.205. The van der Waals surface area contributed by atoms with Crippen LogP contribution in [0.1, 0.15) is 54.5 Å². The zero-order chi connectivity index (χ0) is 31.3. The molecule has 0 amide bonds. The fourth-order valence-electron chi connectivity index (χ4n) is 6.08. The first-order valence-corrected chi connectivity index (χ1v) is 16.9. The van der Waals surface area contributed by atoms with Crippen LogP contribution in [0.15, 0.2) is 115 Å². The molecule has 0 aliphatic rings. The minimum atomic E-state index is -0.109.